The van der Waals surface area contributed by atoms with Crippen molar-refractivity contribution < 1.29 is 29.0 Å². The molecule has 0 bridgehead atoms. The Morgan fingerprint density at radius 3 is 2.14 bits per heavy atom. The molecule has 35 heavy (non-hydrogen) atoms. The number of alkyl carbamates (subject to hydrolysis) is 1. The van der Waals surface area contributed by atoms with E-state index >= 15 is 0 Å². The molecule has 2 aromatic rings. The summed E-state index contributed by atoms with van der Waals surface area (Å²) in [5, 5.41) is 15.0. The average molecular weight is 481 g/mol. The van der Waals surface area contributed by atoms with Crippen LogP contribution in [0.2, 0.25) is 0 Å². The number of carbonyl (C=O) groups is 3. The van der Waals surface area contributed by atoms with Gasteiger partial charge in [0, 0.05) is 19.6 Å². The van der Waals surface area contributed by atoms with Crippen LogP contribution in [0.1, 0.15) is 49.7 Å². The molecule has 0 radical (unpaired) electrons. The van der Waals surface area contributed by atoms with Crippen LogP contribution < -0.4 is 10.6 Å². The Bertz CT molecular complexity index is 1060. The monoisotopic (exact) mass is 480 g/mol. The fraction of sp³-hybridized carbons (Fsp3) is 0.444. The topological polar surface area (TPSA) is 114 Å². The van der Waals surface area contributed by atoms with Crippen molar-refractivity contribution in [3.8, 4) is 11.1 Å². The van der Waals surface area contributed by atoms with Crippen LogP contribution in [-0.2, 0) is 19.1 Å². The maximum absolute atomic E-state index is 13.2. The van der Waals surface area contributed by atoms with Gasteiger partial charge in [-0.3, -0.25) is 4.79 Å². The highest BCUT2D eigenvalue weighted by molar-refractivity contribution is 5.90. The van der Waals surface area contributed by atoms with Gasteiger partial charge in [-0.05, 0) is 42.0 Å². The van der Waals surface area contributed by atoms with Gasteiger partial charge in [-0.15, -0.1) is 0 Å². The third kappa shape index (κ3) is 4.89. The molecule has 1 saturated carbocycles. The summed E-state index contributed by atoms with van der Waals surface area (Å²) in [5.41, 5.74) is 2.12. The molecular weight excluding hydrogens is 448 g/mol. The molecular formula is C27H32N2O6. The zero-order valence-electron chi connectivity index (χ0n) is 20.1. The molecule has 0 saturated heterocycles. The van der Waals surface area contributed by atoms with Crippen LogP contribution in [0.25, 0.3) is 11.1 Å². The lowest BCUT2D eigenvalue weighted by Gasteiger charge is -2.33. The molecule has 0 heterocycles. The van der Waals surface area contributed by atoms with E-state index in [0.717, 1.165) is 35.1 Å². The number of carboxylic acid groups (broad SMARTS) is 1. The molecule has 2 aliphatic carbocycles. The SMILES string of the molecule is COCC(C)(NC(=O)C1(CNC(=O)OCC2c3ccccc3-c3ccccc32)CCCC1)C(=O)O. The number of aliphatic carboxylic acids is 1. The molecule has 1 atom stereocenters. The van der Waals surface area contributed by atoms with Gasteiger partial charge in [0.15, 0.2) is 5.54 Å². The molecule has 8 nitrogen and oxygen atoms in total. The van der Waals surface area contributed by atoms with Gasteiger partial charge in [0.2, 0.25) is 5.91 Å². The van der Waals surface area contributed by atoms with E-state index in [-0.39, 0.29) is 25.7 Å². The summed E-state index contributed by atoms with van der Waals surface area (Å²) in [5.74, 6) is -1.62. The van der Waals surface area contributed by atoms with E-state index in [1.165, 1.54) is 14.0 Å². The Hall–Kier alpha value is -3.39. The minimum Gasteiger partial charge on any atom is -0.479 e. The maximum atomic E-state index is 13.2. The van der Waals surface area contributed by atoms with Crippen molar-refractivity contribution in [3.63, 3.8) is 0 Å². The van der Waals surface area contributed by atoms with Crippen molar-refractivity contribution in [2.24, 2.45) is 5.41 Å². The third-order valence-corrected chi connectivity index (χ3v) is 7.25. The van der Waals surface area contributed by atoms with Crippen molar-refractivity contribution in [1.82, 2.24) is 10.6 Å². The predicted octanol–water partition coefficient (Wildman–Crippen LogP) is 3.69. The zero-order chi connectivity index (χ0) is 25.1. The lowest BCUT2D eigenvalue weighted by atomic mass is 9.84. The van der Waals surface area contributed by atoms with Crippen LogP contribution in [0, 0.1) is 5.41 Å². The fourth-order valence-corrected chi connectivity index (χ4v) is 5.25. The number of ether oxygens (including phenoxy) is 2. The zero-order valence-corrected chi connectivity index (χ0v) is 20.1. The molecule has 2 aliphatic rings. The highest BCUT2D eigenvalue weighted by Gasteiger charge is 2.46. The van der Waals surface area contributed by atoms with Gasteiger partial charge in [-0.1, -0.05) is 61.4 Å². The van der Waals surface area contributed by atoms with Crippen molar-refractivity contribution >= 4 is 18.0 Å². The van der Waals surface area contributed by atoms with Crippen LogP contribution >= 0.6 is 0 Å². The minimum absolute atomic E-state index is 0.0535. The molecule has 1 unspecified atom stereocenters. The van der Waals surface area contributed by atoms with E-state index in [9.17, 15) is 19.5 Å². The fourth-order valence-electron chi connectivity index (χ4n) is 5.25. The number of carbonyl (C=O) groups excluding carboxylic acids is 2. The number of benzene rings is 2. The molecule has 3 N–H and O–H groups in total. The number of carboxylic acids is 1. The number of fused-ring (bicyclic) bond motifs is 3. The van der Waals surface area contributed by atoms with Gasteiger partial charge >= 0.3 is 12.1 Å². The quantitative estimate of drug-likeness (QED) is 0.504. The summed E-state index contributed by atoms with van der Waals surface area (Å²) >= 11 is 0. The molecule has 1 fully saturated rings. The second kappa shape index (κ2) is 10.1. The van der Waals surface area contributed by atoms with Crippen molar-refractivity contribution in [2.45, 2.75) is 44.1 Å². The van der Waals surface area contributed by atoms with E-state index in [2.05, 4.69) is 34.9 Å². The van der Waals surface area contributed by atoms with Crippen LogP contribution in [0.15, 0.2) is 48.5 Å². The second-order valence-corrected chi connectivity index (χ2v) is 9.69. The first-order chi connectivity index (χ1) is 16.8. The number of methoxy groups -OCH3 is 1. The number of nitrogens with one attached hydrogen (secondary N) is 2. The van der Waals surface area contributed by atoms with Gasteiger partial charge in [0.1, 0.15) is 6.61 Å². The summed E-state index contributed by atoms with van der Waals surface area (Å²) in [7, 11) is 1.39. The Kier molecular flexibility index (Phi) is 7.12. The van der Waals surface area contributed by atoms with E-state index in [1.807, 2.05) is 24.3 Å². The highest BCUT2D eigenvalue weighted by atomic mass is 16.5. The second-order valence-electron chi connectivity index (χ2n) is 9.69. The van der Waals surface area contributed by atoms with Gasteiger partial charge in [-0.2, -0.15) is 0 Å². The van der Waals surface area contributed by atoms with Gasteiger partial charge in [0.25, 0.3) is 0 Å². The van der Waals surface area contributed by atoms with E-state index in [4.69, 9.17) is 9.47 Å². The molecule has 0 aromatic heterocycles. The molecule has 0 spiro atoms. The molecule has 0 aliphatic heterocycles. The number of hydrogen-bond acceptors (Lipinski definition) is 5. The lowest BCUT2D eigenvalue weighted by molar-refractivity contribution is -0.151. The Labute approximate surface area is 205 Å². The first-order valence-corrected chi connectivity index (χ1v) is 11.9. The lowest BCUT2D eigenvalue weighted by Crippen LogP contribution is -2.60. The molecule has 2 aromatic carbocycles. The van der Waals surface area contributed by atoms with Crippen LogP contribution in [0.3, 0.4) is 0 Å². The van der Waals surface area contributed by atoms with E-state index in [0.29, 0.717) is 12.8 Å². The number of hydrogen-bond donors (Lipinski definition) is 3. The number of amides is 2. The largest absolute Gasteiger partial charge is 0.479 e. The first kappa shape index (κ1) is 24.7. The Morgan fingerprint density at radius 1 is 1.03 bits per heavy atom. The molecule has 4 rings (SSSR count). The van der Waals surface area contributed by atoms with E-state index < -0.39 is 28.9 Å². The Balaban J connectivity index is 1.39. The summed E-state index contributed by atoms with van der Waals surface area (Å²) < 4.78 is 10.6. The third-order valence-electron chi connectivity index (χ3n) is 7.25. The van der Waals surface area contributed by atoms with Crippen molar-refractivity contribution in [2.75, 3.05) is 26.9 Å². The molecule has 8 heteroatoms. The normalized spacial score (nSPS) is 17.7. The summed E-state index contributed by atoms with van der Waals surface area (Å²) in [6.07, 6.45) is 2.18. The maximum Gasteiger partial charge on any atom is 0.407 e. The highest BCUT2D eigenvalue weighted by Crippen LogP contribution is 2.44. The summed E-state index contributed by atoms with van der Waals surface area (Å²) in [6.45, 7) is 1.52. The van der Waals surface area contributed by atoms with Gasteiger partial charge in [-0.25, -0.2) is 9.59 Å². The van der Waals surface area contributed by atoms with Crippen LogP contribution in [0.5, 0.6) is 0 Å². The molecule has 186 valence electrons. The predicted molar refractivity (Wildman–Crippen MR) is 130 cm³/mol. The van der Waals surface area contributed by atoms with Crippen molar-refractivity contribution in [1.29, 1.82) is 0 Å². The number of rotatable bonds is 9. The summed E-state index contributed by atoms with van der Waals surface area (Å²) in [6, 6.07) is 16.2. The standard InChI is InChI=1S/C27H32N2O6/c1-26(17-34-2,24(31)32)29-23(30)27(13-7-8-14-27)16-28-25(33)35-15-22-20-11-5-3-9-18(20)19-10-4-6-12-21(19)22/h3-6,9-12,22H,7-8,13-17H2,1-2H3,(H,28,33)(H,29,30)(H,31,32). The molecule has 2 amide bonds. The smallest absolute Gasteiger partial charge is 0.407 e. The van der Waals surface area contributed by atoms with Crippen LogP contribution in [0.4, 0.5) is 4.79 Å². The van der Waals surface area contributed by atoms with Gasteiger partial charge < -0.3 is 25.2 Å². The van der Waals surface area contributed by atoms with Crippen LogP contribution in [-0.4, -0.2) is 55.5 Å². The minimum atomic E-state index is -1.55. The average Bonchev–Trinajstić information content (AvgIpc) is 3.45. The van der Waals surface area contributed by atoms with Crippen molar-refractivity contribution in [3.05, 3.63) is 59.7 Å². The first-order valence-electron chi connectivity index (χ1n) is 11.9. The summed E-state index contributed by atoms with van der Waals surface area (Å²) in [4.78, 5) is 37.6. The Morgan fingerprint density at radius 2 is 1.60 bits per heavy atom. The van der Waals surface area contributed by atoms with Gasteiger partial charge in [0.05, 0.1) is 12.0 Å². The van der Waals surface area contributed by atoms with E-state index in [1.54, 1.807) is 0 Å².